The number of rotatable bonds is 9. The molecule has 0 unspecified atom stereocenters. The normalized spacial score (nSPS) is 13.7. The van der Waals surface area contributed by atoms with Crippen molar-refractivity contribution in [3.05, 3.63) is 29.8 Å². The number of esters is 1. The lowest BCUT2D eigenvalue weighted by Crippen LogP contribution is -2.33. The minimum absolute atomic E-state index is 0.0315. The topological polar surface area (TPSA) is 90.5 Å². The van der Waals surface area contributed by atoms with Crippen LogP contribution in [0.15, 0.2) is 24.3 Å². The Morgan fingerprint density at radius 1 is 1.10 bits per heavy atom. The van der Waals surface area contributed by atoms with Gasteiger partial charge in [-0.1, -0.05) is 12.1 Å². The molecular weight excluding hydrogens is 376 g/mol. The van der Waals surface area contributed by atoms with Crippen molar-refractivity contribution < 1.29 is 23.9 Å². The molecule has 1 aliphatic rings. The molecule has 1 aromatic carbocycles. The third kappa shape index (κ3) is 6.20. The van der Waals surface area contributed by atoms with Crippen LogP contribution in [0.3, 0.4) is 0 Å². The number of urea groups is 1. The van der Waals surface area contributed by atoms with E-state index < -0.39 is 5.97 Å². The van der Waals surface area contributed by atoms with Crippen LogP contribution in [0.25, 0.3) is 0 Å². The zero-order chi connectivity index (χ0) is 21.6. The Hall–Kier alpha value is -3.10. The van der Waals surface area contributed by atoms with Gasteiger partial charge in [0.15, 0.2) is 6.61 Å². The average molecular weight is 404 g/mol. The summed E-state index contributed by atoms with van der Waals surface area (Å²) in [5, 5.41) is 0. The van der Waals surface area contributed by atoms with Gasteiger partial charge in [-0.3, -0.25) is 19.3 Å². The van der Waals surface area contributed by atoms with Crippen LogP contribution in [0, 0.1) is 0 Å². The van der Waals surface area contributed by atoms with E-state index in [1.165, 1.54) is 9.80 Å². The molecule has 9 heteroatoms. The van der Waals surface area contributed by atoms with E-state index in [0.717, 1.165) is 16.2 Å². The number of imide groups is 1. The molecule has 0 bridgehead atoms. The number of hydrogen-bond donors (Lipinski definition) is 0. The van der Waals surface area contributed by atoms with Gasteiger partial charge in [-0.05, 0) is 24.1 Å². The van der Waals surface area contributed by atoms with Crippen molar-refractivity contribution >= 4 is 29.5 Å². The minimum Gasteiger partial charge on any atom is -0.456 e. The summed E-state index contributed by atoms with van der Waals surface area (Å²) < 4.78 is 5.02. The highest BCUT2D eigenvalue weighted by atomic mass is 16.5. The molecule has 1 fully saturated rings. The predicted octanol–water partition coefficient (Wildman–Crippen LogP) is 0.928. The van der Waals surface area contributed by atoms with Crippen molar-refractivity contribution in [2.24, 2.45) is 0 Å². The van der Waals surface area contributed by atoms with E-state index in [-0.39, 0.29) is 44.0 Å². The van der Waals surface area contributed by atoms with E-state index in [0.29, 0.717) is 13.0 Å². The molecule has 0 aromatic heterocycles. The molecule has 0 spiro atoms. The van der Waals surface area contributed by atoms with E-state index in [1.807, 2.05) is 43.3 Å². The number of ether oxygens (including phenoxy) is 1. The van der Waals surface area contributed by atoms with Crippen LogP contribution in [0.4, 0.5) is 10.5 Å². The van der Waals surface area contributed by atoms with Crippen molar-refractivity contribution in [3.63, 3.8) is 0 Å². The standard InChI is InChI=1S/C20H28N4O5/c1-21(2)16-9-7-15(8-10-16)12-22(3)18(26)14-29-19(27)6-5-11-24-17(25)13-23(4)20(24)28/h7-10H,5-6,11-14H2,1-4H3. The van der Waals surface area contributed by atoms with Crippen LogP contribution < -0.4 is 4.90 Å². The first-order valence-electron chi connectivity index (χ1n) is 9.40. The highest BCUT2D eigenvalue weighted by Gasteiger charge is 2.32. The second-order valence-electron chi connectivity index (χ2n) is 7.26. The predicted molar refractivity (Wildman–Crippen MR) is 107 cm³/mol. The molecule has 0 N–H and O–H groups in total. The number of anilines is 1. The fraction of sp³-hybridized carbons (Fsp3) is 0.500. The van der Waals surface area contributed by atoms with E-state index in [4.69, 9.17) is 4.74 Å². The number of benzene rings is 1. The van der Waals surface area contributed by atoms with Crippen molar-refractivity contribution in [1.82, 2.24) is 14.7 Å². The van der Waals surface area contributed by atoms with Crippen LogP contribution in [-0.2, 0) is 25.7 Å². The van der Waals surface area contributed by atoms with Crippen molar-refractivity contribution in [2.75, 3.05) is 52.8 Å². The fourth-order valence-electron chi connectivity index (χ4n) is 2.86. The summed E-state index contributed by atoms with van der Waals surface area (Å²) in [5.74, 6) is -1.11. The number of carbonyl (C=O) groups is 4. The van der Waals surface area contributed by atoms with Gasteiger partial charge in [0.1, 0.15) is 6.54 Å². The summed E-state index contributed by atoms with van der Waals surface area (Å²) in [6.07, 6.45) is 0.330. The molecule has 1 saturated heterocycles. The smallest absolute Gasteiger partial charge is 0.326 e. The molecule has 0 saturated carbocycles. The summed E-state index contributed by atoms with van der Waals surface area (Å²) in [5.41, 5.74) is 2.04. The Labute approximate surface area is 170 Å². The Bertz CT molecular complexity index is 763. The van der Waals surface area contributed by atoms with Gasteiger partial charge in [-0.25, -0.2) is 4.79 Å². The van der Waals surface area contributed by atoms with Gasteiger partial charge in [0.25, 0.3) is 5.91 Å². The maximum atomic E-state index is 12.2. The van der Waals surface area contributed by atoms with Crippen LogP contribution in [0.1, 0.15) is 18.4 Å². The molecule has 29 heavy (non-hydrogen) atoms. The Morgan fingerprint density at radius 2 is 1.76 bits per heavy atom. The maximum absolute atomic E-state index is 12.2. The van der Waals surface area contributed by atoms with Gasteiger partial charge < -0.3 is 19.4 Å². The van der Waals surface area contributed by atoms with Crippen LogP contribution in [0.2, 0.25) is 0 Å². The molecular formula is C20H28N4O5. The van der Waals surface area contributed by atoms with Crippen molar-refractivity contribution in [2.45, 2.75) is 19.4 Å². The number of nitrogens with zero attached hydrogens (tertiary/aromatic N) is 4. The molecule has 0 atom stereocenters. The van der Waals surface area contributed by atoms with Gasteiger partial charge in [-0.15, -0.1) is 0 Å². The third-order valence-corrected chi connectivity index (χ3v) is 4.65. The zero-order valence-corrected chi connectivity index (χ0v) is 17.4. The third-order valence-electron chi connectivity index (χ3n) is 4.65. The van der Waals surface area contributed by atoms with Gasteiger partial charge in [0, 0.05) is 53.4 Å². The molecule has 1 aliphatic heterocycles. The van der Waals surface area contributed by atoms with Gasteiger partial charge in [-0.2, -0.15) is 0 Å². The first-order chi connectivity index (χ1) is 13.7. The summed E-state index contributed by atoms with van der Waals surface area (Å²) in [6.45, 7) is 0.294. The molecule has 0 radical (unpaired) electrons. The monoisotopic (exact) mass is 404 g/mol. The van der Waals surface area contributed by atoms with Gasteiger partial charge >= 0.3 is 12.0 Å². The highest BCUT2D eigenvalue weighted by Crippen LogP contribution is 2.13. The molecule has 0 aliphatic carbocycles. The highest BCUT2D eigenvalue weighted by molar-refractivity contribution is 6.01. The largest absolute Gasteiger partial charge is 0.456 e. The van der Waals surface area contributed by atoms with Crippen LogP contribution >= 0.6 is 0 Å². The average Bonchev–Trinajstić information content (AvgIpc) is 2.92. The molecule has 9 nitrogen and oxygen atoms in total. The van der Waals surface area contributed by atoms with Gasteiger partial charge in [0.05, 0.1) is 0 Å². The first-order valence-corrected chi connectivity index (χ1v) is 9.40. The summed E-state index contributed by atoms with van der Waals surface area (Å²) in [4.78, 5) is 53.3. The van der Waals surface area contributed by atoms with Gasteiger partial charge in [0.2, 0.25) is 5.91 Å². The lowest BCUT2D eigenvalue weighted by Gasteiger charge is -2.18. The number of amides is 4. The second-order valence-corrected chi connectivity index (χ2v) is 7.26. The lowest BCUT2D eigenvalue weighted by atomic mass is 10.2. The summed E-state index contributed by atoms with van der Waals surface area (Å²) >= 11 is 0. The van der Waals surface area contributed by atoms with Crippen molar-refractivity contribution in [3.8, 4) is 0 Å². The molecule has 1 aromatic rings. The number of carbonyl (C=O) groups excluding carboxylic acids is 4. The lowest BCUT2D eigenvalue weighted by molar-refractivity contribution is -0.151. The Morgan fingerprint density at radius 3 is 2.31 bits per heavy atom. The number of hydrogen-bond acceptors (Lipinski definition) is 6. The minimum atomic E-state index is -0.533. The first kappa shape index (κ1) is 22.2. The summed E-state index contributed by atoms with van der Waals surface area (Å²) in [7, 11) is 7.11. The van der Waals surface area contributed by atoms with Crippen molar-refractivity contribution in [1.29, 1.82) is 0 Å². The maximum Gasteiger partial charge on any atom is 0.326 e. The second kappa shape index (κ2) is 9.90. The molecule has 158 valence electrons. The summed E-state index contributed by atoms with van der Waals surface area (Å²) in [6, 6.07) is 7.48. The molecule has 1 heterocycles. The fourth-order valence-corrected chi connectivity index (χ4v) is 2.86. The Kier molecular flexibility index (Phi) is 7.58. The van der Waals surface area contributed by atoms with Crippen LogP contribution in [0.5, 0.6) is 0 Å². The zero-order valence-electron chi connectivity index (χ0n) is 17.4. The SMILES string of the molecule is CN(Cc1ccc(N(C)C)cc1)C(=O)COC(=O)CCCN1C(=O)CN(C)C1=O. The van der Waals surface area contributed by atoms with E-state index >= 15 is 0 Å². The quantitative estimate of drug-likeness (QED) is 0.449. The van der Waals surface area contributed by atoms with Crippen LogP contribution in [-0.4, -0.2) is 86.4 Å². The Balaban J connectivity index is 1.69. The number of likely N-dealkylation sites (N-methyl/N-ethyl adjacent to an activating group) is 2. The van der Waals surface area contributed by atoms with E-state index in [2.05, 4.69) is 0 Å². The van der Waals surface area contributed by atoms with E-state index in [1.54, 1.807) is 14.1 Å². The molecule has 4 amide bonds. The molecule has 2 rings (SSSR count). The van der Waals surface area contributed by atoms with E-state index in [9.17, 15) is 19.2 Å².